The van der Waals surface area contributed by atoms with Gasteiger partial charge in [0.1, 0.15) is 5.75 Å². The second-order valence-corrected chi connectivity index (χ2v) is 12.8. The highest BCUT2D eigenvalue weighted by Gasteiger charge is 2.39. The molecule has 4 nitrogen and oxygen atoms in total. The third-order valence-corrected chi connectivity index (χ3v) is 9.11. The second kappa shape index (κ2) is 13.4. The lowest BCUT2D eigenvalue weighted by atomic mass is 9.75. The van der Waals surface area contributed by atoms with Crippen LogP contribution in [0.4, 0.5) is 5.69 Å². The van der Waals surface area contributed by atoms with E-state index in [0.29, 0.717) is 17.6 Å². The van der Waals surface area contributed by atoms with Crippen LogP contribution in [0, 0.1) is 0 Å². The first-order valence-electron chi connectivity index (χ1n) is 14.3. The molecule has 0 heterocycles. The summed E-state index contributed by atoms with van der Waals surface area (Å²) in [6.45, 7) is 8.54. The molecule has 212 valence electrons. The third-order valence-electron chi connectivity index (χ3n) is 8.12. The Bertz CT molecular complexity index is 1340. The van der Waals surface area contributed by atoms with Gasteiger partial charge < -0.3 is 15.1 Å². The molecule has 0 aromatic heterocycles. The van der Waals surface area contributed by atoms with Gasteiger partial charge in [0.25, 0.3) is 0 Å². The number of hydrogen-bond acceptors (Lipinski definition) is 3. The summed E-state index contributed by atoms with van der Waals surface area (Å²) in [5, 5.41) is 20.8. The van der Waals surface area contributed by atoms with Gasteiger partial charge in [0.15, 0.2) is 0 Å². The summed E-state index contributed by atoms with van der Waals surface area (Å²) in [5.41, 5.74) is 7.08. The van der Waals surface area contributed by atoms with Crippen LogP contribution in [0.2, 0.25) is 0 Å². The number of carboxylic acid groups (broad SMARTS) is 1. The van der Waals surface area contributed by atoms with Gasteiger partial charge in [0.2, 0.25) is 0 Å². The number of unbranched alkanes of at least 4 members (excludes halogenated alkanes) is 2. The Kier molecular flexibility index (Phi) is 10.2. The molecule has 0 bridgehead atoms. The summed E-state index contributed by atoms with van der Waals surface area (Å²) in [7, 11) is 0. The van der Waals surface area contributed by atoms with Crippen molar-refractivity contribution in [2.75, 3.05) is 18.0 Å². The molecule has 0 spiro atoms. The van der Waals surface area contributed by atoms with Crippen LogP contribution in [0.1, 0.15) is 82.4 Å². The van der Waals surface area contributed by atoms with E-state index >= 15 is 0 Å². The number of nitrogens with zero attached hydrogens (tertiary/aromatic N) is 1. The molecule has 0 fully saturated rings. The molecule has 0 amide bonds. The number of phenolic OH excluding ortho intramolecular Hbond substituents is 1. The summed E-state index contributed by atoms with van der Waals surface area (Å²) in [5.74, 6) is -0.861. The van der Waals surface area contributed by atoms with Crippen LogP contribution in [0.5, 0.6) is 5.75 Å². The summed E-state index contributed by atoms with van der Waals surface area (Å²) in [4.78, 5) is 14.1. The number of hydrogen-bond donors (Lipinski definition) is 2. The van der Waals surface area contributed by atoms with Crippen LogP contribution < -0.4 is 4.90 Å². The minimum absolute atomic E-state index is 0.138. The minimum Gasteiger partial charge on any atom is -0.507 e. The molecule has 1 aliphatic carbocycles. The third kappa shape index (κ3) is 6.66. The monoisotopic (exact) mass is 667 g/mol. The standard InChI is InChI=1S/C34H39Br2NO3/c1-4-6-17-37(18-7-5-2)26-12-15-27(32(38)22-26)23(19-33(39)40)9-8-16-34(3)30-20-24(35)10-13-28(30)29-14-11-25(36)21-31(29)34/h10-15,19-22,38H,4-9,16-18H2,1-3H3,(H,39,40)/b23-19+. The maximum Gasteiger partial charge on any atom is 0.328 e. The molecule has 0 aliphatic heterocycles. The average Bonchev–Trinajstić information content (AvgIpc) is 3.15. The van der Waals surface area contributed by atoms with E-state index in [2.05, 4.69) is 93.9 Å². The zero-order valence-electron chi connectivity index (χ0n) is 23.6. The van der Waals surface area contributed by atoms with Crippen molar-refractivity contribution < 1.29 is 15.0 Å². The number of fused-ring (bicyclic) bond motifs is 3. The van der Waals surface area contributed by atoms with E-state index in [0.717, 1.165) is 66.2 Å². The Morgan fingerprint density at radius 3 is 1.95 bits per heavy atom. The summed E-state index contributed by atoms with van der Waals surface area (Å²) in [6.07, 6.45) is 7.83. The van der Waals surface area contributed by atoms with E-state index < -0.39 is 5.97 Å². The van der Waals surface area contributed by atoms with Gasteiger partial charge in [0, 0.05) is 50.8 Å². The predicted octanol–water partition coefficient (Wildman–Crippen LogP) is 9.95. The van der Waals surface area contributed by atoms with Crippen molar-refractivity contribution in [2.24, 2.45) is 0 Å². The highest BCUT2D eigenvalue weighted by atomic mass is 79.9. The van der Waals surface area contributed by atoms with Crippen molar-refractivity contribution in [3.63, 3.8) is 0 Å². The van der Waals surface area contributed by atoms with Gasteiger partial charge in [-0.1, -0.05) is 77.6 Å². The Morgan fingerprint density at radius 2 is 1.45 bits per heavy atom. The molecule has 3 aromatic rings. The molecule has 2 N–H and O–H groups in total. The number of benzene rings is 3. The first kappa shape index (κ1) is 30.4. The lowest BCUT2D eigenvalue weighted by Crippen LogP contribution is -2.25. The Labute approximate surface area is 255 Å². The fraction of sp³-hybridized carbons (Fsp3) is 0.382. The van der Waals surface area contributed by atoms with E-state index in [1.165, 1.54) is 28.3 Å². The molecule has 0 radical (unpaired) electrons. The smallest absolute Gasteiger partial charge is 0.328 e. The molecule has 0 atom stereocenters. The van der Waals surface area contributed by atoms with Crippen molar-refractivity contribution in [3.05, 3.63) is 86.3 Å². The number of phenols is 1. The van der Waals surface area contributed by atoms with Crippen molar-refractivity contribution >= 4 is 49.1 Å². The molecule has 3 aromatic carbocycles. The predicted molar refractivity (Wildman–Crippen MR) is 173 cm³/mol. The second-order valence-electron chi connectivity index (χ2n) is 11.0. The zero-order valence-corrected chi connectivity index (χ0v) is 26.8. The number of halogens is 2. The molecule has 6 heteroatoms. The van der Waals surface area contributed by atoms with Gasteiger partial charge in [0.05, 0.1) is 0 Å². The molecular weight excluding hydrogens is 630 g/mol. The quantitative estimate of drug-likeness (QED) is 0.178. The van der Waals surface area contributed by atoms with Gasteiger partial charge in [-0.2, -0.15) is 0 Å². The highest BCUT2D eigenvalue weighted by Crippen LogP contribution is 2.52. The van der Waals surface area contributed by atoms with Crippen LogP contribution in [0.25, 0.3) is 16.7 Å². The number of aliphatic carboxylic acids is 1. The fourth-order valence-electron chi connectivity index (χ4n) is 5.95. The van der Waals surface area contributed by atoms with E-state index in [1.54, 1.807) is 6.07 Å². The topological polar surface area (TPSA) is 60.8 Å². The molecule has 0 saturated carbocycles. The number of carboxylic acids is 1. The van der Waals surface area contributed by atoms with Crippen molar-refractivity contribution in [3.8, 4) is 16.9 Å². The Hall–Kier alpha value is -2.57. The maximum atomic E-state index is 11.8. The molecule has 0 saturated heterocycles. The van der Waals surface area contributed by atoms with Crippen LogP contribution >= 0.6 is 31.9 Å². The molecule has 40 heavy (non-hydrogen) atoms. The fourth-order valence-corrected chi connectivity index (χ4v) is 6.67. The van der Waals surface area contributed by atoms with Crippen LogP contribution in [0.3, 0.4) is 0 Å². The van der Waals surface area contributed by atoms with Crippen LogP contribution in [-0.2, 0) is 10.2 Å². The summed E-state index contributed by atoms with van der Waals surface area (Å²) < 4.78 is 2.10. The number of aromatic hydroxyl groups is 1. The number of carbonyl (C=O) groups is 1. The van der Waals surface area contributed by atoms with Crippen molar-refractivity contribution in [1.29, 1.82) is 0 Å². The van der Waals surface area contributed by atoms with E-state index in [9.17, 15) is 15.0 Å². The minimum atomic E-state index is -0.998. The van der Waals surface area contributed by atoms with Gasteiger partial charge in [-0.15, -0.1) is 0 Å². The maximum absolute atomic E-state index is 11.8. The lowest BCUT2D eigenvalue weighted by Gasteiger charge is -2.28. The normalized spacial score (nSPS) is 13.7. The van der Waals surface area contributed by atoms with Gasteiger partial charge >= 0.3 is 5.97 Å². The lowest BCUT2D eigenvalue weighted by molar-refractivity contribution is -0.131. The number of anilines is 1. The van der Waals surface area contributed by atoms with E-state index in [4.69, 9.17) is 0 Å². The summed E-state index contributed by atoms with van der Waals surface area (Å²) in [6, 6.07) is 18.7. The Morgan fingerprint density at radius 1 is 0.875 bits per heavy atom. The molecular formula is C34H39Br2NO3. The van der Waals surface area contributed by atoms with Crippen LogP contribution in [-0.4, -0.2) is 29.3 Å². The zero-order chi connectivity index (χ0) is 28.9. The van der Waals surface area contributed by atoms with E-state index in [1.807, 2.05) is 12.1 Å². The van der Waals surface area contributed by atoms with Gasteiger partial charge in [-0.05, 0) is 96.3 Å². The summed E-state index contributed by atoms with van der Waals surface area (Å²) >= 11 is 7.32. The first-order chi connectivity index (χ1) is 19.2. The Balaban J connectivity index is 1.58. The SMILES string of the molecule is CCCCN(CCCC)c1ccc(/C(=C/C(=O)O)CCCC2(C)c3cc(Br)ccc3-c3ccc(Br)cc32)c(O)c1. The van der Waals surface area contributed by atoms with E-state index in [-0.39, 0.29) is 11.2 Å². The molecule has 4 rings (SSSR count). The van der Waals surface area contributed by atoms with Crippen molar-refractivity contribution in [1.82, 2.24) is 0 Å². The number of allylic oxidation sites excluding steroid dienone is 1. The molecule has 1 aliphatic rings. The average molecular weight is 669 g/mol. The van der Waals surface area contributed by atoms with Crippen LogP contribution in [0.15, 0.2) is 69.6 Å². The number of rotatable bonds is 13. The van der Waals surface area contributed by atoms with Gasteiger partial charge in [-0.3, -0.25) is 0 Å². The largest absolute Gasteiger partial charge is 0.507 e. The van der Waals surface area contributed by atoms with Crippen molar-refractivity contribution in [2.45, 2.75) is 71.1 Å². The highest BCUT2D eigenvalue weighted by molar-refractivity contribution is 9.10. The van der Waals surface area contributed by atoms with Gasteiger partial charge in [-0.25, -0.2) is 4.79 Å². The molecule has 0 unspecified atom stereocenters. The first-order valence-corrected chi connectivity index (χ1v) is 15.9.